The van der Waals surface area contributed by atoms with Crippen molar-refractivity contribution in [3.63, 3.8) is 0 Å². The van der Waals surface area contributed by atoms with Gasteiger partial charge in [-0.3, -0.25) is 0 Å². The van der Waals surface area contributed by atoms with Gasteiger partial charge < -0.3 is 14.5 Å². The molecule has 1 atom stereocenters. The van der Waals surface area contributed by atoms with Crippen molar-refractivity contribution >= 4 is 56.9 Å². The van der Waals surface area contributed by atoms with Crippen LogP contribution < -0.4 is 4.90 Å². The molecule has 190 valence electrons. The Balaban J connectivity index is 1.30. The van der Waals surface area contributed by atoms with Crippen molar-refractivity contribution in [1.29, 1.82) is 0 Å². The lowest BCUT2D eigenvalue weighted by Crippen LogP contribution is -2.46. The van der Waals surface area contributed by atoms with Gasteiger partial charge in [0, 0.05) is 43.9 Å². The zero-order chi connectivity index (χ0) is 25.2. The van der Waals surface area contributed by atoms with Crippen molar-refractivity contribution in [2.75, 3.05) is 44.4 Å². The van der Waals surface area contributed by atoms with Gasteiger partial charge in [0.15, 0.2) is 5.16 Å². The minimum atomic E-state index is -3.81. The number of hydrogen-bond donors (Lipinski definition) is 0. The van der Waals surface area contributed by atoms with E-state index in [4.69, 9.17) is 27.9 Å². The molecule has 4 rings (SSSR count). The quantitative estimate of drug-likeness (QED) is 0.387. The Bertz CT molecular complexity index is 1180. The highest BCUT2D eigenvalue weighted by Gasteiger charge is 2.37. The molecule has 0 N–H and O–H groups in total. The number of thioether (sulfide) groups is 1. The van der Waals surface area contributed by atoms with Gasteiger partial charge in [0.2, 0.25) is 10.0 Å². The van der Waals surface area contributed by atoms with Crippen molar-refractivity contribution in [1.82, 2.24) is 19.2 Å². The fraction of sp³-hybridized carbons (Fsp3) is 0.500. The number of halogens is 2. The monoisotopic (exact) mass is 559 g/mol. The summed E-state index contributed by atoms with van der Waals surface area (Å²) in [5, 5.41) is 1.16. The second-order valence-corrected chi connectivity index (χ2v) is 12.0. The van der Waals surface area contributed by atoms with Gasteiger partial charge in [-0.15, -0.1) is 0 Å². The molecule has 0 unspecified atom stereocenters. The fourth-order valence-electron chi connectivity index (χ4n) is 4.30. The van der Waals surface area contributed by atoms with Crippen LogP contribution in [0.25, 0.3) is 0 Å². The fourth-order valence-corrected chi connectivity index (χ4v) is 6.88. The Kier molecular flexibility index (Phi) is 8.32. The molecule has 3 heterocycles. The summed E-state index contributed by atoms with van der Waals surface area (Å²) in [5.74, 6) is 0.890. The van der Waals surface area contributed by atoms with Crippen molar-refractivity contribution in [2.45, 2.75) is 41.5 Å². The molecule has 1 amide bonds. The summed E-state index contributed by atoms with van der Waals surface area (Å²) in [4.78, 5) is 25.4. The molecule has 2 aliphatic heterocycles. The molecule has 0 radical (unpaired) electrons. The number of benzene rings is 1. The Hall–Kier alpha value is -1.79. The maximum Gasteiger partial charge on any atom is 0.410 e. The van der Waals surface area contributed by atoms with E-state index < -0.39 is 22.2 Å². The molecule has 1 aromatic heterocycles. The molecule has 2 saturated heterocycles. The third-order valence-electron chi connectivity index (χ3n) is 6.31. The van der Waals surface area contributed by atoms with Crippen LogP contribution in [-0.2, 0) is 14.8 Å². The van der Waals surface area contributed by atoms with E-state index in [9.17, 15) is 13.2 Å². The average molecular weight is 561 g/mol. The normalized spacial score (nSPS) is 19.7. The lowest BCUT2D eigenvalue weighted by molar-refractivity contribution is 0.0607. The number of rotatable bonds is 6. The predicted molar refractivity (Wildman–Crippen MR) is 137 cm³/mol. The second-order valence-electron chi connectivity index (χ2n) is 8.46. The van der Waals surface area contributed by atoms with E-state index in [1.807, 2.05) is 12.3 Å². The summed E-state index contributed by atoms with van der Waals surface area (Å²) in [7, 11) is -2.08. The minimum Gasteiger partial charge on any atom is -0.445 e. The number of piperidine rings is 1. The molecular weight excluding hydrogens is 533 g/mol. The van der Waals surface area contributed by atoms with Gasteiger partial charge in [-0.2, -0.15) is 4.31 Å². The summed E-state index contributed by atoms with van der Waals surface area (Å²) in [6.45, 7) is 1.87. The minimum absolute atomic E-state index is 0.00670. The molecule has 9 nitrogen and oxygen atoms in total. The molecular formula is C22H27Cl2N5O4S2. The van der Waals surface area contributed by atoms with E-state index in [1.165, 1.54) is 34.3 Å². The SMILES string of the molecule is CSc1nccc(N2CCC(N(C)C(=O)O[C@H]3CCN(S(=O)(=O)c4ccc(Cl)cc4Cl)C3)CC2)n1. The molecule has 0 saturated carbocycles. The number of amides is 1. The molecule has 2 aliphatic rings. The van der Waals surface area contributed by atoms with Gasteiger partial charge >= 0.3 is 6.09 Å². The first-order valence-electron chi connectivity index (χ1n) is 11.2. The van der Waals surface area contributed by atoms with Gasteiger partial charge in [-0.1, -0.05) is 35.0 Å². The Morgan fingerprint density at radius 2 is 1.91 bits per heavy atom. The Morgan fingerprint density at radius 1 is 1.17 bits per heavy atom. The second kappa shape index (κ2) is 11.1. The van der Waals surface area contributed by atoms with E-state index in [0.29, 0.717) is 11.4 Å². The van der Waals surface area contributed by atoms with E-state index in [-0.39, 0.29) is 29.0 Å². The Labute approximate surface area is 219 Å². The lowest BCUT2D eigenvalue weighted by atomic mass is 10.0. The lowest BCUT2D eigenvalue weighted by Gasteiger charge is -2.37. The summed E-state index contributed by atoms with van der Waals surface area (Å²) < 4.78 is 33.0. The highest BCUT2D eigenvalue weighted by Crippen LogP contribution is 2.30. The number of carbonyl (C=O) groups excluding carboxylic acids is 1. The first kappa shape index (κ1) is 26.3. The summed E-state index contributed by atoms with van der Waals surface area (Å²) in [5.41, 5.74) is 0. The molecule has 0 bridgehead atoms. The number of aromatic nitrogens is 2. The van der Waals surface area contributed by atoms with Crippen LogP contribution in [0.1, 0.15) is 19.3 Å². The van der Waals surface area contributed by atoms with E-state index in [2.05, 4.69) is 14.9 Å². The number of sulfonamides is 1. The number of ether oxygens (including phenoxy) is 1. The number of hydrogen-bond acceptors (Lipinski definition) is 8. The number of nitrogens with zero attached hydrogens (tertiary/aromatic N) is 5. The van der Waals surface area contributed by atoms with E-state index in [1.54, 1.807) is 18.1 Å². The molecule has 0 spiro atoms. The van der Waals surface area contributed by atoms with Crippen LogP contribution in [0.5, 0.6) is 0 Å². The van der Waals surface area contributed by atoms with Crippen molar-refractivity contribution in [3.05, 3.63) is 40.5 Å². The first-order valence-corrected chi connectivity index (χ1v) is 14.6. The molecule has 0 aliphatic carbocycles. The van der Waals surface area contributed by atoms with Crippen LogP contribution in [0.15, 0.2) is 40.5 Å². The maximum atomic E-state index is 13.0. The summed E-state index contributed by atoms with van der Waals surface area (Å²) in [6, 6.07) is 6.21. The smallest absolute Gasteiger partial charge is 0.410 e. The van der Waals surface area contributed by atoms with Gasteiger partial charge in [0.05, 0.1) is 11.6 Å². The number of anilines is 1. The van der Waals surface area contributed by atoms with Crippen LogP contribution in [-0.4, -0.2) is 85.3 Å². The zero-order valence-corrected chi connectivity index (χ0v) is 22.6. The highest BCUT2D eigenvalue weighted by atomic mass is 35.5. The summed E-state index contributed by atoms with van der Waals surface area (Å²) >= 11 is 13.5. The molecule has 2 aromatic rings. The van der Waals surface area contributed by atoms with Gasteiger partial charge in [-0.05, 0) is 49.8 Å². The summed E-state index contributed by atoms with van der Waals surface area (Å²) in [6.07, 6.45) is 4.73. The highest BCUT2D eigenvalue weighted by molar-refractivity contribution is 7.98. The molecule has 35 heavy (non-hydrogen) atoms. The topological polar surface area (TPSA) is 95.9 Å². The van der Waals surface area contributed by atoms with Gasteiger partial charge in [0.1, 0.15) is 16.8 Å². The largest absolute Gasteiger partial charge is 0.445 e. The van der Waals surface area contributed by atoms with Crippen LogP contribution in [0.2, 0.25) is 10.0 Å². The van der Waals surface area contributed by atoms with Crippen molar-refractivity contribution in [2.24, 2.45) is 0 Å². The number of carbonyl (C=O) groups is 1. The molecule has 2 fully saturated rings. The van der Waals surface area contributed by atoms with Crippen LogP contribution in [0.4, 0.5) is 10.6 Å². The maximum absolute atomic E-state index is 13.0. The van der Waals surface area contributed by atoms with Crippen LogP contribution in [0, 0.1) is 0 Å². The van der Waals surface area contributed by atoms with Crippen molar-refractivity contribution in [3.8, 4) is 0 Å². The first-order chi connectivity index (χ1) is 16.7. The van der Waals surface area contributed by atoms with Gasteiger partial charge in [-0.25, -0.2) is 23.2 Å². The zero-order valence-electron chi connectivity index (χ0n) is 19.4. The molecule has 13 heteroatoms. The third kappa shape index (κ3) is 5.96. The van der Waals surface area contributed by atoms with Crippen LogP contribution >= 0.6 is 35.0 Å². The van der Waals surface area contributed by atoms with Crippen LogP contribution in [0.3, 0.4) is 0 Å². The third-order valence-corrected chi connectivity index (χ3v) is 9.46. The standard InChI is InChI=1S/C22H27Cl2N5O4S2/c1-27(16-6-10-28(11-7-16)20-5-9-25-21(26-20)34-2)22(30)33-17-8-12-29(14-17)35(31,32)19-4-3-15(23)13-18(19)24/h3-5,9,13,16-17H,6-8,10-12,14H2,1-2H3/t17-/m0/s1. The van der Waals surface area contributed by atoms with E-state index in [0.717, 1.165) is 36.9 Å². The van der Waals surface area contributed by atoms with Gasteiger partial charge in [0.25, 0.3) is 0 Å². The average Bonchev–Trinajstić information content (AvgIpc) is 3.33. The predicted octanol–water partition coefficient (Wildman–Crippen LogP) is 4.01. The Morgan fingerprint density at radius 3 is 2.60 bits per heavy atom. The van der Waals surface area contributed by atoms with Crippen molar-refractivity contribution < 1.29 is 17.9 Å². The molecule has 1 aromatic carbocycles. The van der Waals surface area contributed by atoms with E-state index >= 15 is 0 Å².